The molecule has 9 nitrogen and oxygen atoms in total. The van der Waals surface area contributed by atoms with Crippen LogP contribution >= 0.6 is 0 Å². The van der Waals surface area contributed by atoms with Crippen LogP contribution in [0.5, 0.6) is 11.5 Å². The van der Waals surface area contributed by atoms with E-state index >= 15 is 0 Å². The normalized spacial score (nSPS) is 16.5. The number of anilines is 3. The summed E-state index contributed by atoms with van der Waals surface area (Å²) in [5.74, 6) is 2.88. The van der Waals surface area contributed by atoms with Crippen molar-refractivity contribution in [1.29, 1.82) is 0 Å². The molecular formula is C22H29N5O4. The van der Waals surface area contributed by atoms with E-state index in [-0.39, 0.29) is 18.2 Å². The van der Waals surface area contributed by atoms with Crippen molar-refractivity contribution in [2.45, 2.75) is 38.8 Å². The van der Waals surface area contributed by atoms with Gasteiger partial charge in [-0.05, 0) is 51.0 Å². The van der Waals surface area contributed by atoms with E-state index in [1.165, 1.54) is 0 Å². The van der Waals surface area contributed by atoms with E-state index in [9.17, 15) is 4.79 Å². The first kappa shape index (κ1) is 21.0. The molecule has 3 heterocycles. The van der Waals surface area contributed by atoms with Crippen molar-refractivity contribution < 1.29 is 19.0 Å². The Kier molecular flexibility index (Phi) is 6.29. The van der Waals surface area contributed by atoms with Crippen LogP contribution in [0.3, 0.4) is 0 Å². The number of piperidine rings is 1. The Labute approximate surface area is 182 Å². The highest BCUT2D eigenvalue weighted by atomic mass is 16.6. The Bertz CT molecular complexity index is 897. The molecule has 0 aliphatic carbocycles. The van der Waals surface area contributed by atoms with Gasteiger partial charge in [-0.1, -0.05) is 0 Å². The molecule has 0 bridgehead atoms. The second-order valence-electron chi connectivity index (χ2n) is 7.92. The van der Waals surface area contributed by atoms with E-state index in [0.29, 0.717) is 31.3 Å². The molecule has 2 aromatic rings. The molecule has 0 atom stereocenters. The molecule has 9 heteroatoms. The molecule has 1 aromatic carbocycles. The molecule has 1 aromatic heterocycles. The second kappa shape index (κ2) is 9.28. The van der Waals surface area contributed by atoms with Gasteiger partial charge in [0.05, 0.1) is 19.8 Å². The maximum Gasteiger partial charge on any atom is 0.410 e. The van der Waals surface area contributed by atoms with Crippen molar-refractivity contribution >= 4 is 23.4 Å². The SMILES string of the molecule is COc1ccc(Nc2ncnc3c2OCCN3C2CCN(C(=O)OC(C)C)CC2)cc1. The minimum absolute atomic E-state index is 0.107. The topological polar surface area (TPSA) is 89.0 Å². The summed E-state index contributed by atoms with van der Waals surface area (Å²) in [4.78, 5) is 25.2. The lowest BCUT2D eigenvalue weighted by Crippen LogP contribution is -2.49. The molecule has 1 fully saturated rings. The third-order valence-electron chi connectivity index (χ3n) is 5.49. The number of amides is 1. The molecule has 2 aliphatic rings. The first-order valence-electron chi connectivity index (χ1n) is 10.7. The van der Waals surface area contributed by atoms with Gasteiger partial charge in [0, 0.05) is 24.8 Å². The van der Waals surface area contributed by atoms with Crippen LogP contribution in [-0.4, -0.2) is 66.5 Å². The number of carbonyl (C=O) groups is 1. The largest absolute Gasteiger partial charge is 0.497 e. The molecule has 0 radical (unpaired) electrons. The quantitative estimate of drug-likeness (QED) is 0.776. The number of carbonyl (C=O) groups excluding carboxylic acids is 1. The molecule has 0 saturated carbocycles. The molecule has 2 aliphatic heterocycles. The molecule has 4 rings (SSSR count). The van der Waals surface area contributed by atoms with Crippen molar-refractivity contribution in [3.8, 4) is 11.5 Å². The highest BCUT2D eigenvalue weighted by molar-refractivity contribution is 5.71. The van der Waals surface area contributed by atoms with Crippen LogP contribution in [-0.2, 0) is 4.74 Å². The number of hydrogen-bond acceptors (Lipinski definition) is 8. The van der Waals surface area contributed by atoms with Crippen LogP contribution in [0.1, 0.15) is 26.7 Å². The van der Waals surface area contributed by atoms with Gasteiger partial charge in [0.25, 0.3) is 0 Å². The van der Waals surface area contributed by atoms with Crippen LogP contribution < -0.4 is 19.7 Å². The molecule has 31 heavy (non-hydrogen) atoms. The summed E-state index contributed by atoms with van der Waals surface area (Å²) in [6.07, 6.45) is 2.94. The number of ether oxygens (including phenoxy) is 3. The minimum atomic E-state index is -0.232. The number of hydrogen-bond donors (Lipinski definition) is 1. The van der Waals surface area contributed by atoms with Crippen molar-refractivity contribution in [3.05, 3.63) is 30.6 Å². The number of fused-ring (bicyclic) bond motifs is 1. The second-order valence-corrected chi connectivity index (χ2v) is 7.92. The van der Waals surface area contributed by atoms with E-state index in [1.807, 2.05) is 38.1 Å². The van der Waals surface area contributed by atoms with Gasteiger partial charge in [0.2, 0.25) is 5.75 Å². The van der Waals surface area contributed by atoms with E-state index in [2.05, 4.69) is 20.2 Å². The fourth-order valence-corrected chi connectivity index (χ4v) is 3.95. The summed E-state index contributed by atoms with van der Waals surface area (Å²) in [5, 5.41) is 3.32. The van der Waals surface area contributed by atoms with Crippen molar-refractivity contribution in [1.82, 2.24) is 14.9 Å². The van der Waals surface area contributed by atoms with Crippen LogP contribution in [0.15, 0.2) is 30.6 Å². The van der Waals surface area contributed by atoms with Gasteiger partial charge < -0.3 is 29.3 Å². The third kappa shape index (κ3) is 4.76. The predicted molar refractivity (Wildman–Crippen MR) is 117 cm³/mol. The summed E-state index contributed by atoms with van der Waals surface area (Å²) in [6, 6.07) is 7.93. The Morgan fingerprint density at radius 1 is 1.16 bits per heavy atom. The van der Waals surface area contributed by atoms with Gasteiger partial charge >= 0.3 is 6.09 Å². The highest BCUT2D eigenvalue weighted by Crippen LogP contribution is 2.38. The van der Waals surface area contributed by atoms with Crippen LogP contribution in [0.2, 0.25) is 0 Å². The van der Waals surface area contributed by atoms with Gasteiger partial charge in [-0.25, -0.2) is 14.8 Å². The number of methoxy groups -OCH3 is 1. The van der Waals surface area contributed by atoms with Crippen molar-refractivity contribution in [2.75, 3.05) is 43.6 Å². The Morgan fingerprint density at radius 2 is 1.90 bits per heavy atom. The monoisotopic (exact) mass is 427 g/mol. The van der Waals surface area contributed by atoms with Crippen LogP contribution in [0.4, 0.5) is 22.1 Å². The van der Waals surface area contributed by atoms with Gasteiger partial charge in [-0.15, -0.1) is 0 Å². The number of aromatic nitrogens is 2. The van der Waals surface area contributed by atoms with Crippen LogP contribution in [0.25, 0.3) is 0 Å². The lowest BCUT2D eigenvalue weighted by molar-refractivity contribution is 0.0687. The summed E-state index contributed by atoms with van der Waals surface area (Å²) >= 11 is 0. The number of rotatable bonds is 5. The average Bonchev–Trinajstić information content (AvgIpc) is 2.79. The molecule has 0 spiro atoms. The zero-order valence-electron chi connectivity index (χ0n) is 18.2. The molecule has 0 unspecified atom stereocenters. The first-order valence-corrected chi connectivity index (χ1v) is 10.7. The fraction of sp³-hybridized carbons (Fsp3) is 0.500. The Morgan fingerprint density at radius 3 is 2.58 bits per heavy atom. The first-order chi connectivity index (χ1) is 15.0. The molecule has 1 saturated heterocycles. The smallest absolute Gasteiger partial charge is 0.410 e. The zero-order chi connectivity index (χ0) is 21.8. The molecule has 1 N–H and O–H groups in total. The van der Waals surface area contributed by atoms with E-state index in [4.69, 9.17) is 14.2 Å². The lowest BCUT2D eigenvalue weighted by atomic mass is 10.0. The summed E-state index contributed by atoms with van der Waals surface area (Å²) in [5.41, 5.74) is 0.888. The summed E-state index contributed by atoms with van der Waals surface area (Å²) in [7, 11) is 1.64. The van der Waals surface area contributed by atoms with Crippen molar-refractivity contribution in [3.63, 3.8) is 0 Å². The number of benzene rings is 1. The van der Waals surface area contributed by atoms with Gasteiger partial charge in [0.1, 0.15) is 18.7 Å². The zero-order valence-corrected chi connectivity index (χ0v) is 18.2. The third-order valence-corrected chi connectivity index (χ3v) is 5.49. The molecular weight excluding hydrogens is 398 g/mol. The van der Waals surface area contributed by atoms with E-state index in [1.54, 1.807) is 18.3 Å². The van der Waals surface area contributed by atoms with E-state index < -0.39 is 0 Å². The van der Waals surface area contributed by atoms with Crippen molar-refractivity contribution in [2.24, 2.45) is 0 Å². The van der Waals surface area contributed by atoms with Gasteiger partial charge in [0.15, 0.2) is 11.6 Å². The van der Waals surface area contributed by atoms with E-state index in [0.717, 1.165) is 36.6 Å². The number of nitrogens with zero attached hydrogens (tertiary/aromatic N) is 4. The van der Waals surface area contributed by atoms with Gasteiger partial charge in [-0.2, -0.15) is 0 Å². The standard InChI is InChI=1S/C22H29N5O4/c1-15(2)31-22(28)26-10-8-17(9-11-26)27-12-13-30-19-20(23-14-24-21(19)27)25-16-4-6-18(29-3)7-5-16/h4-7,14-15,17H,8-13H2,1-3H3,(H,23,24,25). The Balaban J connectivity index is 1.46. The molecule has 166 valence electrons. The van der Waals surface area contributed by atoms with Crippen LogP contribution in [0, 0.1) is 0 Å². The molecule has 1 amide bonds. The highest BCUT2D eigenvalue weighted by Gasteiger charge is 2.33. The summed E-state index contributed by atoms with van der Waals surface area (Å²) < 4.78 is 16.5. The minimum Gasteiger partial charge on any atom is -0.497 e. The number of nitrogens with one attached hydrogen (secondary N) is 1. The Hall–Kier alpha value is -3.23. The fourth-order valence-electron chi connectivity index (χ4n) is 3.95. The lowest BCUT2D eigenvalue weighted by Gasteiger charge is -2.41. The number of likely N-dealkylation sites (tertiary alicyclic amines) is 1. The summed E-state index contributed by atoms with van der Waals surface area (Å²) in [6.45, 7) is 6.40. The predicted octanol–water partition coefficient (Wildman–Crippen LogP) is 3.44. The average molecular weight is 428 g/mol. The van der Waals surface area contributed by atoms with Gasteiger partial charge in [-0.3, -0.25) is 0 Å². The maximum atomic E-state index is 12.2. The maximum absolute atomic E-state index is 12.2.